The molecule has 2 N–H and O–H groups in total. The Kier molecular flexibility index (Phi) is 4.96. The second-order valence-corrected chi connectivity index (χ2v) is 4.60. The summed E-state index contributed by atoms with van der Waals surface area (Å²) in [7, 11) is 2.76. The van der Waals surface area contributed by atoms with Gasteiger partial charge in [-0.3, -0.25) is 10.1 Å². The molecule has 1 aromatic rings. The van der Waals surface area contributed by atoms with Crippen molar-refractivity contribution in [3.05, 3.63) is 22.2 Å². The molecule has 116 valence electrons. The number of anilines is 1. The summed E-state index contributed by atoms with van der Waals surface area (Å²) in [5, 5.41) is 23.1. The Hall–Kier alpha value is -2.51. The Morgan fingerprint density at radius 3 is 2.29 bits per heavy atom. The van der Waals surface area contributed by atoms with Crippen molar-refractivity contribution < 1.29 is 24.3 Å². The smallest absolute Gasteiger partial charge is 0.329 e. The van der Waals surface area contributed by atoms with Gasteiger partial charge in [0, 0.05) is 6.07 Å². The van der Waals surface area contributed by atoms with Crippen LogP contribution in [-0.4, -0.2) is 35.8 Å². The van der Waals surface area contributed by atoms with Crippen LogP contribution in [0.25, 0.3) is 0 Å². The second kappa shape index (κ2) is 6.29. The van der Waals surface area contributed by atoms with Gasteiger partial charge < -0.3 is 19.9 Å². The number of benzene rings is 1. The monoisotopic (exact) mass is 298 g/mol. The fourth-order valence-corrected chi connectivity index (χ4v) is 1.71. The number of carbonyl (C=O) groups is 1. The molecule has 8 nitrogen and oxygen atoms in total. The molecule has 0 heterocycles. The van der Waals surface area contributed by atoms with Gasteiger partial charge in [0.1, 0.15) is 11.2 Å². The highest BCUT2D eigenvalue weighted by Gasteiger charge is 2.33. The largest absolute Gasteiger partial charge is 0.493 e. The average molecular weight is 298 g/mol. The summed E-state index contributed by atoms with van der Waals surface area (Å²) in [6.07, 6.45) is 0.244. The molecule has 0 aliphatic rings. The normalized spacial score (nSPS) is 13.1. The third-order valence-electron chi connectivity index (χ3n) is 3.29. The lowest BCUT2D eigenvalue weighted by Gasteiger charge is -2.26. The highest BCUT2D eigenvalue weighted by Crippen LogP contribution is 2.39. The quantitative estimate of drug-likeness (QED) is 0.586. The van der Waals surface area contributed by atoms with Gasteiger partial charge in [-0.1, -0.05) is 6.92 Å². The van der Waals surface area contributed by atoms with Crippen LogP contribution < -0.4 is 14.8 Å². The fourth-order valence-electron chi connectivity index (χ4n) is 1.71. The molecule has 0 radical (unpaired) electrons. The number of methoxy groups -OCH3 is 2. The van der Waals surface area contributed by atoms with Crippen LogP contribution in [0.1, 0.15) is 20.3 Å². The molecule has 0 aliphatic carbocycles. The number of nitro benzene ring substituents is 1. The van der Waals surface area contributed by atoms with Crippen molar-refractivity contribution >= 4 is 17.3 Å². The summed E-state index contributed by atoms with van der Waals surface area (Å²) in [5.41, 5.74) is -1.55. The highest BCUT2D eigenvalue weighted by molar-refractivity contribution is 5.84. The minimum Gasteiger partial charge on any atom is -0.493 e. The number of hydrogen-bond donors (Lipinski definition) is 2. The van der Waals surface area contributed by atoms with E-state index in [4.69, 9.17) is 9.47 Å². The lowest BCUT2D eigenvalue weighted by atomic mass is 9.98. The standard InChI is InChI=1S/C13H18N2O6/c1-5-13(2,12(16)17)14-8-6-10(20-3)11(21-4)7-9(8)15(18)19/h6-7,14H,5H2,1-4H3,(H,16,17). The molecule has 0 saturated heterocycles. The average Bonchev–Trinajstić information content (AvgIpc) is 2.45. The molecule has 0 aliphatic heterocycles. The lowest BCUT2D eigenvalue weighted by molar-refractivity contribution is -0.384. The Morgan fingerprint density at radius 2 is 1.90 bits per heavy atom. The second-order valence-electron chi connectivity index (χ2n) is 4.60. The molecule has 0 spiro atoms. The van der Waals surface area contributed by atoms with E-state index in [0.717, 1.165) is 0 Å². The predicted molar refractivity (Wildman–Crippen MR) is 76.2 cm³/mol. The molecule has 0 aromatic heterocycles. The Morgan fingerprint density at radius 1 is 1.38 bits per heavy atom. The van der Waals surface area contributed by atoms with Crippen molar-refractivity contribution in [2.75, 3.05) is 19.5 Å². The van der Waals surface area contributed by atoms with Crippen molar-refractivity contribution in [2.45, 2.75) is 25.8 Å². The number of ether oxygens (including phenoxy) is 2. The molecule has 1 unspecified atom stereocenters. The number of carboxylic acid groups (broad SMARTS) is 1. The Bertz CT molecular complexity index is 560. The molecule has 0 fully saturated rings. The number of rotatable bonds is 7. The van der Waals surface area contributed by atoms with E-state index in [1.165, 1.54) is 33.3 Å². The van der Waals surface area contributed by atoms with Gasteiger partial charge in [0.05, 0.1) is 25.2 Å². The molecule has 0 bridgehead atoms. The van der Waals surface area contributed by atoms with Crippen molar-refractivity contribution in [3.63, 3.8) is 0 Å². The Balaban J connectivity index is 3.39. The van der Waals surface area contributed by atoms with Crippen molar-refractivity contribution in [1.82, 2.24) is 0 Å². The first-order chi connectivity index (χ1) is 9.78. The topological polar surface area (TPSA) is 111 Å². The van der Waals surface area contributed by atoms with Gasteiger partial charge in [-0.15, -0.1) is 0 Å². The minimum absolute atomic E-state index is 0.0596. The maximum absolute atomic E-state index is 11.3. The van der Waals surface area contributed by atoms with Gasteiger partial charge in [-0.25, -0.2) is 4.79 Å². The number of nitrogens with one attached hydrogen (secondary N) is 1. The van der Waals surface area contributed by atoms with Gasteiger partial charge in [0.25, 0.3) is 5.69 Å². The predicted octanol–water partition coefficient (Wildman–Crippen LogP) is 2.28. The maximum Gasteiger partial charge on any atom is 0.329 e. The van der Waals surface area contributed by atoms with Gasteiger partial charge in [0.2, 0.25) is 0 Å². The van der Waals surface area contributed by atoms with E-state index in [1.807, 2.05) is 0 Å². The van der Waals surface area contributed by atoms with Gasteiger partial charge in [0.15, 0.2) is 11.5 Å². The zero-order valence-corrected chi connectivity index (χ0v) is 12.3. The number of carboxylic acids is 1. The number of nitro groups is 1. The zero-order valence-electron chi connectivity index (χ0n) is 12.3. The summed E-state index contributed by atoms with van der Waals surface area (Å²) in [6, 6.07) is 2.55. The van der Waals surface area contributed by atoms with E-state index in [-0.39, 0.29) is 29.3 Å². The van der Waals surface area contributed by atoms with Crippen LogP contribution in [0.4, 0.5) is 11.4 Å². The van der Waals surface area contributed by atoms with E-state index in [1.54, 1.807) is 6.92 Å². The summed E-state index contributed by atoms with van der Waals surface area (Å²) < 4.78 is 10.1. The molecule has 0 saturated carbocycles. The van der Waals surface area contributed by atoms with E-state index in [9.17, 15) is 20.0 Å². The SMILES string of the molecule is CCC(C)(Nc1cc(OC)c(OC)cc1[N+](=O)[O-])C(=O)O. The Labute approximate surface area is 121 Å². The van der Waals surface area contributed by atoms with Gasteiger partial charge >= 0.3 is 5.97 Å². The molecule has 21 heavy (non-hydrogen) atoms. The van der Waals surface area contributed by atoms with Gasteiger partial charge in [-0.2, -0.15) is 0 Å². The van der Waals surface area contributed by atoms with Crippen LogP contribution in [0.3, 0.4) is 0 Å². The van der Waals surface area contributed by atoms with Crippen LogP contribution >= 0.6 is 0 Å². The molecule has 8 heteroatoms. The summed E-state index contributed by atoms with van der Waals surface area (Å²) in [4.78, 5) is 21.9. The highest BCUT2D eigenvalue weighted by atomic mass is 16.6. The van der Waals surface area contributed by atoms with Crippen LogP contribution in [-0.2, 0) is 4.79 Å². The third-order valence-corrected chi connectivity index (χ3v) is 3.29. The first-order valence-corrected chi connectivity index (χ1v) is 6.21. The van der Waals surface area contributed by atoms with E-state index in [0.29, 0.717) is 0 Å². The van der Waals surface area contributed by atoms with Gasteiger partial charge in [-0.05, 0) is 13.3 Å². The minimum atomic E-state index is -1.33. The summed E-state index contributed by atoms with van der Waals surface area (Å²) in [6.45, 7) is 3.13. The number of nitrogens with zero attached hydrogens (tertiary/aromatic N) is 1. The summed E-state index contributed by atoms with van der Waals surface area (Å²) in [5.74, 6) is -0.633. The zero-order chi connectivity index (χ0) is 16.2. The summed E-state index contributed by atoms with van der Waals surface area (Å²) >= 11 is 0. The van der Waals surface area contributed by atoms with Crippen LogP contribution in [0, 0.1) is 10.1 Å². The van der Waals surface area contributed by atoms with E-state index >= 15 is 0 Å². The fraction of sp³-hybridized carbons (Fsp3) is 0.462. The van der Waals surface area contributed by atoms with Crippen LogP contribution in [0.15, 0.2) is 12.1 Å². The first kappa shape index (κ1) is 16.5. The molecular formula is C13H18N2O6. The van der Waals surface area contributed by atoms with Crippen LogP contribution in [0.2, 0.25) is 0 Å². The third kappa shape index (κ3) is 3.33. The number of hydrogen-bond acceptors (Lipinski definition) is 6. The van der Waals surface area contributed by atoms with Crippen molar-refractivity contribution in [1.29, 1.82) is 0 Å². The molecule has 1 atom stereocenters. The molecule has 0 amide bonds. The molecule has 1 rings (SSSR count). The number of aliphatic carboxylic acids is 1. The van der Waals surface area contributed by atoms with E-state index < -0.39 is 16.4 Å². The molecular weight excluding hydrogens is 280 g/mol. The lowest BCUT2D eigenvalue weighted by Crippen LogP contribution is -2.42. The van der Waals surface area contributed by atoms with Crippen LogP contribution in [0.5, 0.6) is 11.5 Å². The van der Waals surface area contributed by atoms with E-state index in [2.05, 4.69) is 5.32 Å². The first-order valence-electron chi connectivity index (χ1n) is 6.21. The maximum atomic E-state index is 11.3. The van der Waals surface area contributed by atoms with Crippen molar-refractivity contribution in [2.24, 2.45) is 0 Å². The molecule has 1 aromatic carbocycles. The van der Waals surface area contributed by atoms with Crippen molar-refractivity contribution in [3.8, 4) is 11.5 Å².